The van der Waals surface area contributed by atoms with Gasteiger partial charge in [-0.05, 0) is 31.5 Å². The predicted molar refractivity (Wildman–Crippen MR) is 88.0 cm³/mol. The number of nitrogens with zero attached hydrogens (tertiary/aromatic N) is 2. The Kier molecular flexibility index (Phi) is 5.38. The standard InChI is InChI=1S/C15H17Cl2N3O3/c1-9(7-22-13-2-3-21-8-13)18-15-19-14(20-23-15)10-4-11(16)6-12(17)5-10/h4-6,9,13H,2-3,7-8H2,1H3,(H,18,19,20). The molecule has 2 aromatic rings. The zero-order chi connectivity index (χ0) is 16.2. The summed E-state index contributed by atoms with van der Waals surface area (Å²) in [6.07, 6.45) is 1.11. The van der Waals surface area contributed by atoms with Crippen molar-refractivity contribution < 1.29 is 14.0 Å². The van der Waals surface area contributed by atoms with Crippen LogP contribution in [0.4, 0.5) is 6.01 Å². The van der Waals surface area contributed by atoms with E-state index in [1.54, 1.807) is 18.2 Å². The van der Waals surface area contributed by atoms with Gasteiger partial charge in [0, 0.05) is 22.2 Å². The van der Waals surface area contributed by atoms with Crippen molar-refractivity contribution in [1.29, 1.82) is 0 Å². The van der Waals surface area contributed by atoms with E-state index in [1.165, 1.54) is 0 Å². The molecule has 1 fully saturated rings. The van der Waals surface area contributed by atoms with Crippen LogP contribution in [0.2, 0.25) is 10.0 Å². The summed E-state index contributed by atoms with van der Waals surface area (Å²) in [5.41, 5.74) is 0.700. The summed E-state index contributed by atoms with van der Waals surface area (Å²) in [5, 5.41) is 8.09. The molecule has 2 atom stereocenters. The van der Waals surface area contributed by atoms with E-state index >= 15 is 0 Å². The van der Waals surface area contributed by atoms with Crippen LogP contribution in [0.25, 0.3) is 11.4 Å². The zero-order valence-corrected chi connectivity index (χ0v) is 14.1. The molecule has 6 nitrogen and oxygen atoms in total. The molecule has 1 aliphatic heterocycles. The van der Waals surface area contributed by atoms with Gasteiger partial charge in [-0.2, -0.15) is 4.98 Å². The van der Waals surface area contributed by atoms with Crippen molar-refractivity contribution in [3.05, 3.63) is 28.2 Å². The molecule has 8 heteroatoms. The normalized spacial score (nSPS) is 19.0. The Morgan fingerprint density at radius 1 is 1.35 bits per heavy atom. The SMILES string of the molecule is CC(COC1CCOC1)Nc1nc(-c2cc(Cl)cc(Cl)c2)no1. The lowest BCUT2D eigenvalue weighted by atomic mass is 10.2. The van der Waals surface area contributed by atoms with E-state index in [2.05, 4.69) is 15.5 Å². The molecular formula is C15H17Cl2N3O3. The van der Waals surface area contributed by atoms with Gasteiger partial charge in [0.25, 0.3) is 0 Å². The Morgan fingerprint density at radius 3 is 2.83 bits per heavy atom. The van der Waals surface area contributed by atoms with E-state index in [0.29, 0.717) is 40.7 Å². The minimum atomic E-state index is 0.0341. The second kappa shape index (κ2) is 7.49. The van der Waals surface area contributed by atoms with Crippen molar-refractivity contribution in [2.45, 2.75) is 25.5 Å². The highest BCUT2D eigenvalue weighted by molar-refractivity contribution is 6.35. The molecule has 1 N–H and O–H groups in total. The summed E-state index contributed by atoms with van der Waals surface area (Å²) >= 11 is 12.0. The van der Waals surface area contributed by atoms with E-state index < -0.39 is 0 Å². The molecule has 3 rings (SSSR count). The maximum Gasteiger partial charge on any atom is 0.322 e. The topological polar surface area (TPSA) is 69.4 Å². The highest BCUT2D eigenvalue weighted by atomic mass is 35.5. The maximum atomic E-state index is 5.98. The first-order chi connectivity index (χ1) is 11.1. The molecule has 0 spiro atoms. The lowest BCUT2D eigenvalue weighted by Crippen LogP contribution is -2.26. The third-order valence-electron chi connectivity index (χ3n) is 3.39. The molecule has 124 valence electrons. The van der Waals surface area contributed by atoms with E-state index in [9.17, 15) is 0 Å². The van der Waals surface area contributed by atoms with Gasteiger partial charge >= 0.3 is 6.01 Å². The highest BCUT2D eigenvalue weighted by Crippen LogP contribution is 2.26. The van der Waals surface area contributed by atoms with Gasteiger partial charge in [-0.1, -0.05) is 28.4 Å². The Morgan fingerprint density at radius 2 is 2.13 bits per heavy atom. The molecule has 0 bridgehead atoms. The van der Waals surface area contributed by atoms with Gasteiger partial charge in [-0.3, -0.25) is 0 Å². The summed E-state index contributed by atoms with van der Waals surface area (Å²) in [5.74, 6) is 0.425. The second-order valence-corrected chi connectivity index (χ2v) is 6.32. The van der Waals surface area contributed by atoms with Gasteiger partial charge in [0.1, 0.15) is 0 Å². The lowest BCUT2D eigenvalue weighted by Gasteiger charge is -2.15. The number of hydrogen-bond acceptors (Lipinski definition) is 6. The molecule has 1 aromatic heterocycles. The Hall–Kier alpha value is -1.34. The van der Waals surface area contributed by atoms with Gasteiger partial charge in [0.15, 0.2) is 0 Å². The third-order valence-corrected chi connectivity index (χ3v) is 3.82. The average molecular weight is 358 g/mol. The Bertz CT molecular complexity index is 639. The first-order valence-electron chi connectivity index (χ1n) is 7.36. The van der Waals surface area contributed by atoms with Crippen LogP contribution in [-0.2, 0) is 9.47 Å². The number of ether oxygens (including phenoxy) is 2. The number of anilines is 1. The Balaban J connectivity index is 1.58. The molecule has 1 saturated heterocycles. The average Bonchev–Trinajstić information content (AvgIpc) is 3.15. The number of halogens is 2. The fourth-order valence-corrected chi connectivity index (χ4v) is 2.79. The van der Waals surface area contributed by atoms with E-state index in [1.807, 2.05) is 6.92 Å². The van der Waals surface area contributed by atoms with E-state index in [4.69, 9.17) is 37.2 Å². The van der Waals surface area contributed by atoms with Gasteiger partial charge in [-0.15, -0.1) is 0 Å². The van der Waals surface area contributed by atoms with Crippen molar-refractivity contribution in [3.8, 4) is 11.4 Å². The molecular weight excluding hydrogens is 341 g/mol. The highest BCUT2D eigenvalue weighted by Gasteiger charge is 2.18. The minimum absolute atomic E-state index is 0.0341. The molecule has 0 aliphatic carbocycles. The fourth-order valence-electron chi connectivity index (χ4n) is 2.26. The van der Waals surface area contributed by atoms with Crippen molar-refractivity contribution >= 4 is 29.2 Å². The number of hydrogen-bond donors (Lipinski definition) is 1. The zero-order valence-electron chi connectivity index (χ0n) is 12.6. The summed E-state index contributed by atoms with van der Waals surface area (Å²) in [4.78, 5) is 4.30. The first-order valence-corrected chi connectivity index (χ1v) is 8.12. The summed E-state index contributed by atoms with van der Waals surface area (Å²) in [7, 11) is 0. The van der Waals surface area contributed by atoms with E-state index in [0.717, 1.165) is 13.0 Å². The van der Waals surface area contributed by atoms with Crippen LogP contribution in [0.1, 0.15) is 13.3 Å². The van der Waals surface area contributed by atoms with Crippen molar-refractivity contribution in [2.24, 2.45) is 0 Å². The van der Waals surface area contributed by atoms with Crippen LogP contribution >= 0.6 is 23.2 Å². The van der Waals surface area contributed by atoms with Gasteiger partial charge in [0.05, 0.1) is 25.4 Å². The van der Waals surface area contributed by atoms with Crippen molar-refractivity contribution in [2.75, 3.05) is 25.1 Å². The molecule has 2 heterocycles. The third kappa shape index (κ3) is 4.57. The first kappa shape index (κ1) is 16.5. The van der Waals surface area contributed by atoms with Crippen LogP contribution in [0.15, 0.2) is 22.7 Å². The van der Waals surface area contributed by atoms with Crippen molar-refractivity contribution in [1.82, 2.24) is 10.1 Å². The van der Waals surface area contributed by atoms with Crippen LogP contribution < -0.4 is 5.32 Å². The lowest BCUT2D eigenvalue weighted by molar-refractivity contribution is 0.0392. The maximum absolute atomic E-state index is 5.98. The summed E-state index contributed by atoms with van der Waals surface area (Å²) in [6.45, 7) is 3.94. The van der Waals surface area contributed by atoms with Gasteiger partial charge in [0.2, 0.25) is 5.82 Å². The largest absolute Gasteiger partial charge is 0.379 e. The smallest absolute Gasteiger partial charge is 0.322 e. The van der Waals surface area contributed by atoms with Crippen LogP contribution in [-0.4, -0.2) is 42.1 Å². The van der Waals surface area contributed by atoms with Crippen LogP contribution in [0.5, 0.6) is 0 Å². The van der Waals surface area contributed by atoms with Crippen LogP contribution in [0, 0.1) is 0 Å². The summed E-state index contributed by atoms with van der Waals surface area (Å²) < 4.78 is 16.2. The van der Waals surface area contributed by atoms with Gasteiger partial charge in [-0.25, -0.2) is 0 Å². The second-order valence-electron chi connectivity index (χ2n) is 5.45. The number of aromatic nitrogens is 2. The molecule has 0 saturated carbocycles. The number of rotatable bonds is 6. The van der Waals surface area contributed by atoms with E-state index in [-0.39, 0.29) is 12.1 Å². The molecule has 1 aromatic carbocycles. The fraction of sp³-hybridized carbons (Fsp3) is 0.467. The predicted octanol–water partition coefficient (Wildman–Crippen LogP) is 3.65. The van der Waals surface area contributed by atoms with Crippen molar-refractivity contribution in [3.63, 3.8) is 0 Å². The molecule has 23 heavy (non-hydrogen) atoms. The number of nitrogens with one attached hydrogen (secondary N) is 1. The quantitative estimate of drug-likeness (QED) is 0.850. The molecule has 1 aliphatic rings. The monoisotopic (exact) mass is 357 g/mol. The minimum Gasteiger partial charge on any atom is -0.379 e. The molecule has 2 unspecified atom stereocenters. The van der Waals surface area contributed by atoms with Gasteiger partial charge < -0.3 is 19.3 Å². The van der Waals surface area contributed by atoms with Crippen LogP contribution in [0.3, 0.4) is 0 Å². The summed E-state index contributed by atoms with van der Waals surface area (Å²) in [6, 6.07) is 5.48. The Labute approximate surface area is 144 Å². The molecule has 0 radical (unpaired) electrons. The molecule has 0 amide bonds. The number of benzene rings is 1.